The highest BCUT2D eigenvalue weighted by molar-refractivity contribution is 7.13. The summed E-state index contributed by atoms with van der Waals surface area (Å²) in [6.07, 6.45) is 4.16. The molecule has 2 aliphatic heterocycles. The van der Waals surface area contributed by atoms with Crippen LogP contribution in [-0.4, -0.2) is 79.7 Å². The third kappa shape index (κ3) is 7.67. The van der Waals surface area contributed by atoms with Gasteiger partial charge in [0, 0.05) is 6.42 Å². The monoisotopic (exact) mass is 702 g/mol. The Morgan fingerprint density at radius 3 is 2.56 bits per heavy atom. The maximum absolute atomic E-state index is 14.4. The predicted octanol–water partition coefficient (Wildman–Crippen LogP) is 5.18. The van der Waals surface area contributed by atoms with Crippen molar-refractivity contribution in [3.05, 3.63) is 41.3 Å². The molecule has 13 nitrogen and oxygen atoms in total. The number of carboxylic acid groups (broad SMARTS) is 1. The molecular formula is C36H42N6O7S. The third-order valence-electron chi connectivity index (χ3n) is 9.51. The molecule has 14 heteroatoms. The Labute approximate surface area is 294 Å². The number of nitriles is 1. The van der Waals surface area contributed by atoms with Crippen molar-refractivity contribution in [3.63, 3.8) is 0 Å². The van der Waals surface area contributed by atoms with Gasteiger partial charge < -0.3 is 30.1 Å². The number of fused-ring (bicyclic) bond motifs is 3. The minimum absolute atomic E-state index is 0.0100. The number of carbonyl (C=O) groups is 4. The van der Waals surface area contributed by atoms with Gasteiger partial charge in [-0.25, -0.2) is 19.6 Å². The lowest BCUT2D eigenvalue weighted by Gasteiger charge is -2.30. The van der Waals surface area contributed by atoms with E-state index in [1.807, 2.05) is 17.5 Å². The Kier molecular flexibility index (Phi) is 9.98. The van der Waals surface area contributed by atoms with Crippen LogP contribution in [-0.2, 0) is 19.1 Å². The largest absolute Gasteiger partial charge is 0.479 e. The van der Waals surface area contributed by atoms with Crippen molar-refractivity contribution in [3.8, 4) is 22.5 Å². The number of aliphatic carboxylic acids is 1. The molecule has 5 atom stereocenters. The number of rotatable bonds is 5. The second kappa shape index (κ2) is 14.2. The first kappa shape index (κ1) is 35.1. The Balaban J connectivity index is 1.33. The number of aromatic nitrogens is 2. The van der Waals surface area contributed by atoms with Crippen molar-refractivity contribution >= 4 is 46.2 Å². The average Bonchev–Trinajstić information content (AvgIpc) is 3.37. The number of ether oxygens (including phenoxy) is 2. The topological polar surface area (TPSA) is 184 Å². The van der Waals surface area contributed by atoms with E-state index in [2.05, 4.69) is 16.7 Å². The summed E-state index contributed by atoms with van der Waals surface area (Å²) in [6.45, 7) is 5.20. The van der Waals surface area contributed by atoms with Gasteiger partial charge in [0.15, 0.2) is 0 Å². The SMILES string of the molecule is CC(C)(C)OC(=O)N[C@H]1CCCCCCCC2CC2(C(=O)O)NC(=O)[C@@H]2C[C@@H](Oc3nc4ccc(C#N)cc4nc3-c3cccs3)CN2C1=O. The lowest BCUT2D eigenvalue weighted by molar-refractivity contribution is -0.146. The van der Waals surface area contributed by atoms with E-state index in [0.717, 1.165) is 30.6 Å². The number of thiophene rings is 1. The molecule has 50 heavy (non-hydrogen) atoms. The maximum Gasteiger partial charge on any atom is 0.408 e. The second-order valence-corrected chi connectivity index (χ2v) is 15.3. The number of nitrogens with one attached hydrogen (secondary N) is 2. The summed E-state index contributed by atoms with van der Waals surface area (Å²) < 4.78 is 12.0. The molecule has 2 saturated heterocycles. The Hall–Kier alpha value is -4.77. The van der Waals surface area contributed by atoms with Crippen LogP contribution in [0.4, 0.5) is 4.79 Å². The first-order valence-corrected chi connectivity index (χ1v) is 18.0. The maximum atomic E-state index is 14.4. The third-order valence-corrected chi connectivity index (χ3v) is 10.4. The van der Waals surface area contributed by atoms with E-state index in [9.17, 15) is 29.5 Å². The van der Waals surface area contributed by atoms with Crippen LogP contribution in [0.1, 0.15) is 84.1 Å². The van der Waals surface area contributed by atoms with Gasteiger partial charge in [0.05, 0.1) is 34.1 Å². The molecule has 6 rings (SSSR count). The molecular weight excluding hydrogens is 660 g/mol. The molecule has 0 spiro atoms. The van der Waals surface area contributed by atoms with Gasteiger partial charge in [-0.2, -0.15) is 5.26 Å². The van der Waals surface area contributed by atoms with Crippen LogP contribution in [0.3, 0.4) is 0 Å². The average molecular weight is 703 g/mol. The summed E-state index contributed by atoms with van der Waals surface area (Å²) in [7, 11) is 0. The molecule has 3 N–H and O–H groups in total. The predicted molar refractivity (Wildman–Crippen MR) is 184 cm³/mol. The Bertz CT molecular complexity index is 1820. The molecule has 3 amide bonds. The summed E-state index contributed by atoms with van der Waals surface area (Å²) in [4.78, 5) is 65.5. The van der Waals surface area contributed by atoms with Gasteiger partial charge >= 0.3 is 12.1 Å². The first-order valence-electron chi connectivity index (χ1n) is 17.1. The van der Waals surface area contributed by atoms with E-state index in [-0.39, 0.29) is 24.8 Å². The van der Waals surface area contributed by atoms with Gasteiger partial charge in [-0.05, 0) is 75.6 Å². The van der Waals surface area contributed by atoms with Crippen LogP contribution in [0.25, 0.3) is 21.6 Å². The van der Waals surface area contributed by atoms with Crippen molar-refractivity contribution < 1.29 is 33.8 Å². The molecule has 2 unspecified atom stereocenters. The highest BCUT2D eigenvalue weighted by Gasteiger charge is 2.62. The van der Waals surface area contributed by atoms with Crippen molar-refractivity contribution in [1.82, 2.24) is 25.5 Å². The van der Waals surface area contributed by atoms with Crippen LogP contribution >= 0.6 is 11.3 Å². The molecule has 0 bridgehead atoms. The van der Waals surface area contributed by atoms with E-state index in [1.165, 1.54) is 16.2 Å². The summed E-state index contributed by atoms with van der Waals surface area (Å²) in [5.41, 5.74) is -0.247. The summed E-state index contributed by atoms with van der Waals surface area (Å²) in [5, 5.41) is 27.1. The highest BCUT2D eigenvalue weighted by atomic mass is 32.1. The van der Waals surface area contributed by atoms with Crippen molar-refractivity contribution in [2.45, 2.75) is 108 Å². The molecule has 1 aromatic carbocycles. The van der Waals surface area contributed by atoms with Gasteiger partial charge in [-0.15, -0.1) is 11.3 Å². The van der Waals surface area contributed by atoms with E-state index < -0.39 is 53.2 Å². The van der Waals surface area contributed by atoms with E-state index in [4.69, 9.17) is 19.4 Å². The highest BCUT2D eigenvalue weighted by Crippen LogP contribution is 2.47. The zero-order valence-electron chi connectivity index (χ0n) is 28.4. The second-order valence-electron chi connectivity index (χ2n) is 14.4. The van der Waals surface area contributed by atoms with E-state index in [1.54, 1.807) is 39.0 Å². The number of benzene rings is 1. The smallest absolute Gasteiger partial charge is 0.408 e. The quantitative estimate of drug-likeness (QED) is 0.320. The normalized spacial score (nSPS) is 26.0. The van der Waals surface area contributed by atoms with Crippen LogP contribution in [0.2, 0.25) is 0 Å². The number of nitrogens with zero attached hydrogens (tertiary/aromatic N) is 4. The minimum Gasteiger partial charge on any atom is -0.479 e. The van der Waals surface area contributed by atoms with Crippen molar-refractivity contribution in [1.29, 1.82) is 5.26 Å². The lowest BCUT2D eigenvalue weighted by Crippen LogP contribution is -2.56. The number of carbonyl (C=O) groups excluding carboxylic acids is 3. The van der Waals surface area contributed by atoms with Crippen LogP contribution in [0.5, 0.6) is 5.88 Å². The molecule has 3 aliphatic rings. The summed E-state index contributed by atoms with van der Waals surface area (Å²) in [5.74, 6) is -2.11. The molecule has 264 valence electrons. The zero-order valence-corrected chi connectivity index (χ0v) is 29.3. The van der Waals surface area contributed by atoms with E-state index in [0.29, 0.717) is 48.0 Å². The van der Waals surface area contributed by atoms with Crippen LogP contribution in [0, 0.1) is 17.2 Å². The van der Waals surface area contributed by atoms with Gasteiger partial charge in [0.25, 0.3) is 0 Å². The number of alkyl carbamates (subject to hydrolysis) is 1. The Morgan fingerprint density at radius 1 is 1.10 bits per heavy atom. The molecule has 0 radical (unpaired) electrons. The van der Waals surface area contributed by atoms with Gasteiger partial charge in [-0.3, -0.25) is 9.59 Å². The Morgan fingerprint density at radius 2 is 1.86 bits per heavy atom. The van der Waals surface area contributed by atoms with Crippen molar-refractivity contribution in [2.24, 2.45) is 5.92 Å². The molecule has 3 aromatic rings. The standard InChI is InChI=1S/C36H42N6O7S/c1-35(2,3)49-34(47)40-25-11-8-6-4-5-7-10-22-18-36(22,33(45)46)41-30(43)27-17-23(20-42(27)32(25)44)48-31-29(28-12-9-15-50-28)38-26-16-21(19-37)13-14-24(26)39-31/h9,12-16,22-23,25,27H,4-8,10-11,17-18,20H2,1-3H3,(H,40,47)(H,41,43)(H,45,46)/t22?,23-,25+,27+,36?/m1/s1. The fourth-order valence-electron chi connectivity index (χ4n) is 6.92. The van der Waals surface area contributed by atoms with Gasteiger partial charge in [-0.1, -0.05) is 38.2 Å². The van der Waals surface area contributed by atoms with Crippen LogP contribution < -0.4 is 15.4 Å². The van der Waals surface area contributed by atoms with Gasteiger partial charge in [0.1, 0.15) is 35.0 Å². The molecule has 4 heterocycles. The zero-order chi connectivity index (χ0) is 35.6. The van der Waals surface area contributed by atoms with Gasteiger partial charge in [0.2, 0.25) is 17.7 Å². The minimum atomic E-state index is -1.38. The van der Waals surface area contributed by atoms with Crippen LogP contribution in [0.15, 0.2) is 35.7 Å². The molecule has 1 saturated carbocycles. The summed E-state index contributed by atoms with van der Waals surface area (Å²) >= 11 is 1.44. The fraction of sp³-hybridized carbons (Fsp3) is 0.528. The van der Waals surface area contributed by atoms with E-state index >= 15 is 0 Å². The lowest BCUT2D eigenvalue weighted by atomic mass is 10.0. The summed E-state index contributed by atoms with van der Waals surface area (Å²) in [6, 6.07) is 8.82. The molecule has 1 aliphatic carbocycles. The molecule has 2 aromatic heterocycles. The fourth-order valence-corrected chi connectivity index (χ4v) is 7.63. The van der Waals surface area contributed by atoms with Crippen molar-refractivity contribution in [2.75, 3.05) is 6.54 Å². The number of amides is 3. The molecule has 3 fully saturated rings. The number of carboxylic acids is 1. The first-order chi connectivity index (χ1) is 23.9. The number of hydrogen-bond donors (Lipinski definition) is 3. The number of hydrogen-bond acceptors (Lipinski definition) is 10.